The van der Waals surface area contributed by atoms with E-state index in [9.17, 15) is 18.0 Å². The highest BCUT2D eigenvalue weighted by Gasteiger charge is 2.37. The molecule has 0 aliphatic carbocycles. The van der Waals surface area contributed by atoms with Crippen LogP contribution in [-0.2, 0) is 6.18 Å². The number of ketones is 1. The van der Waals surface area contributed by atoms with Crippen LogP contribution in [0.5, 0.6) is 5.75 Å². The Labute approximate surface area is 116 Å². The van der Waals surface area contributed by atoms with Gasteiger partial charge in [-0.3, -0.25) is 4.79 Å². The quantitative estimate of drug-likeness (QED) is 0.704. The van der Waals surface area contributed by atoms with E-state index in [1.807, 2.05) is 6.92 Å². The molecule has 1 rings (SSSR count). The van der Waals surface area contributed by atoms with Crippen molar-refractivity contribution in [3.63, 3.8) is 0 Å². The molecule has 0 aliphatic heterocycles. The Morgan fingerprint density at radius 1 is 1.25 bits per heavy atom. The molecule has 112 valence electrons. The van der Waals surface area contributed by atoms with Gasteiger partial charge in [0.2, 0.25) is 0 Å². The summed E-state index contributed by atoms with van der Waals surface area (Å²) in [5.41, 5.74) is -0.763. The van der Waals surface area contributed by atoms with E-state index in [4.69, 9.17) is 4.74 Å². The number of hydrogen-bond acceptors (Lipinski definition) is 2. The molecule has 5 heteroatoms. The van der Waals surface area contributed by atoms with E-state index in [0.717, 1.165) is 6.42 Å². The van der Waals surface area contributed by atoms with Crippen molar-refractivity contribution in [2.75, 3.05) is 6.61 Å². The van der Waals surface area contributed by atoms with Crippen molar-refractivity contribution in [2.24, 2.45) is 0 Å². The number of benzene rings is 1. The number of unbranched alkanes of at least 4 members (excludes halogenated alkanes) is 1. The molecule has 20 heavy (non-hydrogen) atoms. The summed E-state index contributed by atoms with van der Waals surface area (Å²) in [7, 11) is 0. The van der Waals surface area contributed by atoms with Crippen LogP contribution in [0.1, 0.15) is 54.6 Å². The lowest BCUT2D eigenvalue weighted by atomic mass is 9.95. The highest BCUT2D eigenvalue weighted by Crippen LogP contribution is 2.40. The summed E-state index contributed by atoms with van der Waals surface area (Å²) in [6, 6.07) is 2.66. The molecule has 0 N–H and O–H groups in total. The van der Waals surface area contributed by atoms with Gasteiger partial charge in [0.15, 0.2) is 5.78 Å². The molecule has 1 aromatic rings. The van der Waals surface area contributed by atoms with Gasteiger partial charge >= 0.3 is 6.18 Å². The Bertz CT molecular complexity index is 479. The summed E-state index contributed by atoms with van der Waals surface area (Å²) >= 11 is 0. The second-order valence-corrected chi connectivity index (χ2v) is 4.57. The monoisotopic (exact) mass is 288 g/mol. The zero-order chi connectivity index (χ0) is 15.3. The minimum absolute atomic E-state index is 0.0513. The van der Waals surface area contributed by atoms with Gasteiger partial charge in [0.05, 0.1) is 6.61 Å². The lowest BCUT2D eigenvalue weighted by Gasteiger charge is -2.18. The molecule has 0 spiro atoms. The molecule has 0 unspecified atom stereocenters. The van der Waals surface area contributed by atoms with Crippen molar-refractivity contribution >= 4 is 5.78 Å². The number of alkyl halides is 3. The van der Waals surface area contributed by atoms with Gasteiger partial charge in [-0.15, -0.1) is 0 Å². The molecule has 0 radical (unpaired) electrons. The average molecular weight is 288 g/mol. The minimum atomic E-state index is -4.53. The van der Waals surface area contributed by atoms with Crippen LogP contribution in [0.4, 0.5) is 13.2 Å². The predicted molar refractivity (Wildman–Crippen MR) is 71.2 cm³/mol. The first kappa shape index (κ1) is 16.5. The van der Waals surface area contributed by atoms with Crippen LogP contribution in [0.25, 0.3) is 0 Å². The Kier molecular flexibility index (Phi) is 5.60. The molecular formula is C15H19F3O2. The molecular weight excluding hydrogens is 269 g/mol. The van der Waals surface area contributed by atoms with Gasteiger partial charge in [-0.2, -0.15) is 13.2 Å². The molecule has 0 saturated carbocycles. The number of Topliss-reactive ketones (excluding diaryl/α,β-unsaturated/α-hetero) is 1. The highest BCUT2D eigenvalue weighted by atomic mass is 19.4. The van der Waals surface area contributed by atoms with Crippen LogP contribution in [0.3, 0.4) is 0 Å². The zero-order valence-electron chi connectivity index (χ0n) is 11.9. The third-order valence-corrected chi connectivity index (χ3v) is 3.07. The SMILES string of the molecule is CCCCC(=O)c1ccc(OCC)c(C(F)(F)F)c1C. The summed E-state index contributed by atoms with van der Waals surface area (Å²) in [5.74, 6) is -0.470. The predicted octanol–water partition coefficient (Wildman–Crippen LogP) is 4.79. The van der Waals surface area contributed by atoms with E-state index in [-0.39, 0.29) is 35.7 Å². The fraction of sp³-hybridized carbons (Fsp3) is 0.533. The van der Waals surface area contributed by atoms with E-state index in [2.05, 4.69) is 0 Å². The third kappa shape index (κ3) is 3.74. The van der Waals surface area contributed by atoms with Crippen molar-refractivity contribution in [2.45, 2.75) is 46.2 Å². The number of halogens is 3. The maximum absolute atomic E-state index is 13.1. The van der Waals surface area contributed by atoms with Crippen molar-refractivity contribution in [3.8, 4) is 5.75 Å². The topological polar surface area (TPSA) is 26.3 Å². The maximum atomic E-state index is 13.1. The van der Waals surface area contributed by atoms with Gasteiger partial charge in [0.25, 0.3) is 0 Å². The number of rotatable bonds is 6. The smallest absolute Gasteiger partial charge is 0.420 e. The molecule has 2 nitrogen and oxygen atoms in total. The first-order valence-corrected chi connectivity index (χ1v) is 6.69. The van der Waals surface area contributed by atoms with Gasteiger partial charge in [-0.1, -0.05) is 13.3 Å². The van der Waals surface area contributed by atoms with E-state index < -0.39 is 11.7 Å². The summed E-state index contributed by atoms with van der Waals surface area (Å²) in [5, 5.41) is 0. The first-order chi connectivity index (χ1) is 9.32. The van der Waals surface area contributed by atoms with Crippen LogP contribution in [0.2, 0.25) is 0 Å². The molecule has 1 aromatic carbocycles. The Hall–Kier alpha value is -1.52. The molecule has 0 saturated heterocycles. The van der Waals surface area contributed by atoms with E-state index in [1.54, 1.807) is 6.92 Å². The number of carbonyl (C=O) groups excluding carboxylic acids is 1. The third-order valence-electron chi connectivity index (χ3n) is 3.07. The number of ether oxygens (including phenoxy) is 1. The summed E-state index contributed by atoms with van der Waals surface area (Å²) in [6.07, 6.45) is -2.76. The van der Waals surface area contributed by atoms with Crippen LogP contribution in [-0.4, -0.2) is 12.4 Å². The molecule has 0 bridgehead atoms. The number of hydrogen-bond donors (Lipinski definition) is 0. The van der Waals surface area contributed by atoms with Gasteiger partial charge in [0.1, 0.15) is 11.3 Å². The average Bonchev–Trinajstić information content (AvgIpc) is 2.35. The van der Waals surface area contributed by atoms with Crippen molar-refractivity contribution in [1.29, 1.82) is 0 Å². The first-order valence-electron chi connectivity index (χ1n) is 6.69. The lowest BCUT2D eigenvalue weighted by Crippen LogP contribution is -2.14. The van der Waals surface area contributed by atoms with Gasteiger partial charge in [0, 0.05) is 12.0 Å². The standard InChI is InChI=1S/C15H19F3O2/c1-4-6-7-12(19)11-8-9-13(20-5-2)14(10(11)3)15(16,17)18/h8-9H,4-7H2,1-3H3. The normalized spacial score (nSPS) is 11.5. The molecule has 0 fully saturated rings. The Morgan fingerprint density at radius 2 is 1.90 bits per heavy atom. The van der Waals surface area contributed by atoms with Crippen LogP contribution in [0.15, 0.2) is 12.1 Å². The van der Waals surface area contributed by atoms with Gasteiger partial charge in [-0.05, 0) is 38.0 Å². The molecule has 0 amide bonds. The molecule has 0 atom stereocenters. The second-order valence-electron chi connectivity index (χ2n) is 4.57. The summed E-state index contributed by atoms with van der Waals surface area (Å²) < 4.78 is 44.4. The van der Waals surface area contributed by atoms with E-state index in [1.165, 1.54) is 19.1 Å². The molecule has 0 aromatic heterocycles. The molecule has 0 aliphatic rings. The van der Waals surface area contributed by atoms with Gasteiger partial charge < -0.3 is 4.74 Å². The van der Waals surface area contributed by atoms with Gasteiger partial charge in [-0.25, -0.2) is 0 Å². The second kappa shape index (κ2) is 6.77. The lowest BCUT2D eigenvalue weighted by molar-refractivity contribution is -0.139. The van der Waals surface area contributed by atoms with Crippen molar-refractivity contribution in [1.82, 2.24) is 0 Å². The van der Waals surface area contributed by atoms with Crippen molar-refractivity contribution in [3.05, 3.63) is 28.8 Å². The zero-order valence-corrected chi connectivity index (χ0v) is 11.9. The minimum Gasteiger partial charge on any atom is -0.493 e. The highest BCUT2D eigenvalue weighted by molar-refractivity contribution is 5.98. The summed E-state index contributed by atoms with van der Waals surface area (Å²) in [6.45, 7) is 5.02. The van der Waals surface area contributed by atoms with Crippen molar-refractivity contribution < 1.29 is 22.7 Å². The van der Waals surface area contributed by atoms with E-state index in [0.29, 0.717) is 6.42 Å². The Morgan fingerprint density at radius 3 is 2.40 bits per heavy atom. The Balaban J connectivity index is 3.27. The van der Waals surface area contributed by atoms with E-state index >= 15 is 0 Å². The van der Waals surface area contributed by atoms with Crippen LogP contribution >= 0.6 is 0 Å². The largest absolute Gasteiger partial charge is 0.493 e. The number of carbonyl (C=O) groups is 1. The van der Waals surface area contributed by atoms with Crippen LogP contribution < -0.4 is 4.74 Å². The maximum Gasteiger partial charge on any atom is 0.420 e. The van der Waals surface area contributed by atoms with Crippen LogP contribution in [0, 0.1) is 6.92 Å². The fourth-order valence-electron chi connectivity index (χ4n) is 2.09. The fourth-order valence-corrected chi connectivity index (χ4v) is 2.09. The molecule has 0 heterocycles. The summed E-state index contributed by atoms with van der Waals surface area (Å²) in [4.78, 5) is 12.0.